The van der Waals surface area contributed by atoms with Gasteiger partial charge in [0.15, 0.2) is 0 Å². The van der Waals surface area contributed by atoms with Gasteiger partial charge in [0, 0.05) is 18.4 Å². The minimum Gasteiger partial charge on any atom is -0.324 e. The molecule has 2 aromatic rings. The van der Waals surface area contributed by atoms with Gasteiger partial charge in [0.2, 0.25) is 0 Å². The fourth-order valence-corrected chi connectivity index (χ4v) is 1.78. The molecule has 1 aromatic heterocycles. The molecule has 0 bridgehead atoms. The molecule has 3 nitrogen and oxygen atoms in total. The number of aromatic nitrogens is 2. The zero-order valence-electron chi connectivity index (χ0n) is 10.1. The Kier molecular flexibility index (Phi) is 3.49. The van der Waals surface area contributed by atoms with E-state index in [1.165, 1.54) is 5.57 Å². The molecule has 0 saturated heterocycles. The first-order valence-corrected chi connectivity index (χ1v) is 5.77. The van der Waals surface area contributed by atoms with Gasteiger partial charge in [-0.1, -0.05) is 11.6 Å². The van der Waals surface area contributed by atoms with Gasteiger partial charge in [-0.05, 0) is 37.5 Å². The van der Waals surface area contributed by atoms with Crippen molar-refractivity contribution in [2.75, 3.05) is 0 Å². The number of fused-ring (bicyclic) bond motifs is 1. The number of hydrogen-bond acceptors (Lipinski definition) is 3. The molecule has 0 saturated carbocycles. The SMILES string of the molecule is C=C(C)CCC(N)c1ccc2nccnc2c1. The lowest BCUT2D eigenvalue weighted by molar-refractivity contribution is 0.650. The quantitative estimate of drug-likeness (QED) is 0.817. The lowest BCUT2D eigenvalue weighted by atomic mass is 10.0. The van der Waals surface area contributed by atoms with Crippen molar-refractivity contribution in [3.63, 3.8) is 0 Å². The lowest BCUT2D eigenvalue weighted by Crippen LogP contribution is -2.10. The maximum atomic E-state index is 6.15. The predicted molar refractivity (Wildman–Crippen MR) is 70.5 cm³/mol. The van der Waals surface area contributed by atoms with E-state index in [0.717, 1.165) is 29.4 Å². The molecule has 0 aliphatic rings. The summed E-state index contributed by atoms with van der Waals surface area (Å²) in [6, 6.07) is 6.06. The van der Waals surface area contributed by atoms with Gasteiger partial charge in [-0.25, -0.2) is 0 Å². The molecule has 1 unspecified atom stereocenters. The second-order valence-electron chi connectivity index (χ2n) is 4.41. The molecule has 0 radical (unpaired) electrons. The van der Waals surface area contributed by atoms with Gasteiger partial charge in [0.05, 0.1) is 11.0 Å². The van der Waals surface area contributed by atoms with Gasteiger partial charge >= 0.3 is 0 Å². The van der Waals surface area contributed by atoms with E-state index < -0.39 is 0 Å². The summed E-state index contributed by atoms with van der Waals surface area (Å²) < 4.78 is 0. The summed E-state index contributed by atoms with van der Waals surface area (Å²) in [6.45, 7) is 5.92. The summed E-state index contributed by atoms with van der Waals surface area (Å²) in [4.78, 5) is 8.52. The predicted octanol–water partition coefficient (Wildman–Crippen LogP) is 2.99. The fraction of sp³-hybridized carbons (Fsp3) is 0.286. The van der Waals surface area contributed by atoms with Crippen LogP contribution in [0.25, 0.3) is 11.0 Å². The molecule has 2 N–H and O–H groups in total. The Balaban J connectivity index is 2.20. The average molecular weight is 227 g/mol. The third-order valence-electron chi connectivity index (χ3n) is 2.80. The monoisotopic (exact) mass is 227 g/mol. The Morgan fingerprint density at radius 2 is 2.00 bits per heavy atom. The third kappa shape index (κ3) is 2.88. The molecule has 3 heteroatoms. The molecule has 1 heterocycles. The Labute approximate surface area is 101 Å². The van der Waals surface area contributed by atoms with Crippen LogP contribution in [-0.4, -0.2) is 9.97 Å². The van der Waals surface area contributed by atoms with Crippen LogP contribution in [0.2, 0.25) is 0 Å². The molecule has 88 valence electrons. The summed E-state index contributed by atoms with van der Waals surface area (Å²) in [7, 11) is 0. The first kappa shape index (κ1) is 11.7. The van der Waals surface area contributed by atoms with Crippen molar-refractivity contribution in [3.8, 4) is 0 Å². The van der Waals surface area contributed by atoms with E-state index in [2.05, 4.69) is 16.5 Å². The molecule has 2 rings (SSSR count). The standard InChI is InChI=1S/C14H17N3/c1-10(2)3-5-12(15)11-4-6-13-14(9-11)17-8-7-16-13/h4,6-9,12H,1,3,5,15H2,2H3. The minimum atomic E-state index is 0.0399. The number of hydrogen-bond donors (Lipinski definition) is 1. The first-order chi connectivity index (χ1) is 8.16. The molecular weight excluding hydrogens is 210 g/mol. The first-order valence-electron chi connectivity index (χ1n) is 5.77. The van der Waals surface area contributed by atoms with Gasteiger partial charge < -0.3 is 5.73 Å². The Bertz CT molecular complexity index is 534. The average Bonchev–Trinajstić information content (AvgIpc) is 2.35. The van der Waals surface area contributed by atoms with E-state index in [-0.39, 0.29) is 6.04 Å². The van der Waals surface area contributed by atoms with Crippen molar-refractivity contribution in [2.24, 2.45) is 5.73 Å². The second kappa shape index (κ2) is 5.06. The number of nitrogens with two attached hydrogens (primary N) is 1. The van der Waals surface area contributed by atoms with Crippen molar-refractivity contribution in [1.82, 2.24) is 9.97 Å². The maximum Gasteiger partial charge on any atom is 0.0890 e. The van der Waals surface area contributed by atoms with Crippen LogP contribution in [0.4, 0.5) is 0 Å². The summed E-state index contributed by atoms with van der Waals surface area (Å²) in [5.74, 6) is 0. The molecule has 17 heavy (non-hydrogen) atoms. The largest absolute Gasteiger partial charge is 0.324 e. The van der Waals surface area contributed by atoms with E-state index >= 15 is 0 Å². The van der Waals surface area contributed by atoms with Crippen LogP contribution in [0.5, 0.6) is 0 Å². The van der Waals surface area contributed by atoms with E-state index in [4.69, 9.17) is 5.73 Å². The topological polar surface area (TPSA) is 51.8 Å². The zero-order chi connectivity index (χ0) is 12.3. The Morgan fingerprint density at radius 1 is 1.29 bits per heavy atom. The van der Waals surface area contributed by atoms with E-state index in [1.54, 1.807) is 12.4 Å². The van der Waals surface area contributed by atoms with Crippen LogP contribution < -0.4 is 5.73 Å². The number of benzene rings is 1. The molecule has 0 amide bonds. The number of rotatable bonds is 4. The van der Waals surface area contributed by atoms with Gasteiger partial charge in [-0.3, -0.25) is 9.97 Å². The summed E-state index contributed by atoms with van der Waals surface area (Å²) >= 11 is 0. The molecule has 1 aromatic carbocycles. The van der Waals surface area contributed by atoms with Crippen LogP contribution >= 0.6 is 0 Å². The molecule has 0 fully saturated rings. The van der Waals surface area contributed by atoms with Gasteiger partial charge in [-0.15, -0.1) is 6.58 Å². The second-order valence-corrected chi connectivity index (χ2v) is 4.41. The van der Waals surface area contributed by atoms with Gasteiger partial charge in [-0.2, -0.15) is 0 Å². The summed E-state index contributed by atoms with van der Waals surface area (Å²) in [5, 5.41) is 0. The lowest BCUT2D eigenvalue weighted by Gasteiger charge is -2.12. The fourth-order valence-electron chi connectivity index (χ4n) is 1.78. The van der Waals surface area contributed by atoms with Crippen LogP contribution in [0, 0.1) is 0 Å². The van der Waals surface area contributed by atoms with Crippen molar-refractivity contribution in [3.05, 3.63) is 48.3 Å². The molecule has 0 spiro atoms. The highest BCUT2D eigenvalue weighted by atomic mass is 14.8. The molecular formula is C14H17N3. The third-order valence-corrected chi connectivity index (χ3v) is 2.80. The minimum absolute atomic E-state index is 0.0399. The van der Waals surface area contributed by atoms with Crippen LogP contribution in [0.1, 0.15) is 31.4 Å². The van der Waals surface area contributed by atoms with Crippen molar-refractivity contribution in [1.29, 1.82) is 0 Å². The number of nitrogens with zero attached hydrogens (tertiary/aromatic N) is 2. The van der Waals surface area contributed by atoms with Crippen molar-refractivity contribution in [2.45, 2.75) is 25.8 Å². The highest BCUT2D eigenvalue weighted by Gasteiger charge is 2.07. The van der Waals surface area contributed by atoms with Crippen LogP contribution in [-0.2, 0) is 0 Å². The van der Waals surface area contributed by atoms with Crippen LogP contribution in [0.15, 0.2) is 42.7 Å². The van der Waals surface area contributed by atoms with E-state index in [0.29, 0.717) is 0 Å². The highest BCUT2D eigenvalue weighted by molar-refractivity contribution is 5.74. The molecule has 0 aliphatic heterocycles. The normalized spacial score (nSPS) is 12.6. The summed E-state index contributed by atoms with van der Waals surface area (Å²) in [6.07, 6.45) is 5.27. The molecule has 0 aliphatic carbocycles. The Morgan fingerprint density at radius 3 is 2.71 bits per heavy atom. The highest BCUT2D eigenvalue weighted by Crippen LogP contribution is 2.20. The zero-order valence-corrected chi connectivity index (χ0v) is 10.1. The maximum absolute atomic E-state index is 6.15. The smallest absolute Gasteiger partial charge is 0.0890 e. The van der Waals surface area contributed by atoms with E-state index in [9.17, 15) is 0 Å². The van der Waals surface area contributed by atoms with Crippen molar-refractivity contribution >= 4 is 11.0 Å². The molecule has 1 atom stereocenters. The van der Waals surface area contributed by atoms with Gasteiger partial charge in [0.25, 0.3) is 0 Å². The van der Waals surface area contributed by atoms with Gasteiger partial charge in [0.1, 0.15) is 0 Å². The Hall–Kier alpha value is -1.74. The van der Waals surface area contributed by atoms with Crippen LogP contribution in [0.3, 0.4) is 0 Å². The summed E-state index contributed by atoms with van der Waals surface area (Å²) in [5.41, 5.74) is 10.2. The van der Waals surface area contributed by atoms with Crippen molar-refractivity contribution < 1.29 is 0 Å². The van der Waals surface area contributed by atoms with E-state index in [1.807, 2.05) is 25.1 Å². The number of allylic oxidation sites excluding steroid dienone is 1.